The lowest BCUT2D eigenvalue weighted by Gasteiger charge is -2.26. The average Bonchev–Trinajstić information content (AvgIpc) is 3.18. The van der Waals surface area contributed by atoms with E-state index in [1.165, 1.54) is 38.7 Å². The smallest absolute Gasteiger partial charge is 0.251 e. The predicted octanol–water partition coefficient (Wildman–Crippen LogP) is 2.70. The molecule has 0 saturated carbocycles. The Morgan fingerprint density at radius 3 is 2.72 bits per heavy atom. The second-order valence-electron chi connectivity index (χ2n) is 6.29. The Balaban J connectivity index is 1.36. The maximum Gasteiger partial charge on any atom is 0.251 e. The first kappa shape index (κ1) is 17.9. The van der Waals surface area contributed by atoms with Crippen LogP contribution in [0.4, 0.5) is 0 Å². The molecule has 1 aliphatic rings. The van der Waals surface area contributed by atoms with Crippen LogP contribution < -0.4 is 5.32 Å². The zero-order valence-corrected chi connectivity index (χ0v) is 15.2. The van der Waals surface area contributed by atoms with Gasteiger partial charge in [-0.3, -0.25) is 9.89 Å². The van der Waals surface area contributed by atoms with Crippen LogP contribution in [0.2, 0.25) is 0 Å². The zero-order valence-electron chi connectivity index (χ0n) is 14.4. The fraction of sp³-hybridized carbons (Fsp3) is 0.500. The number of nitrogens with one attached hydrogen (secondary N) is 2. The lowest BCUT2D eigenvalue weighted by Crippen LogP contribution is -2.33. The Hall–Kier alpha value is -1.86. The van der Waals surface area contributed by atoms with Gasteiger partial charge in [0.15, 0.2) is 5.16 Å². The van der Waals surface area contributed by atoms with Crippen LogP contribution in [0.3, 0.4) is 0 Å². The first-order valence-electron chi connectivity index (χ1n) is 8.89. The second-order valence-corrected chi connectivity index (χ2v) is 7.25. The summed E-state index contributed by atoms with van der Waals surface area (Å²) in [7, 11) is 0. The molecule has 0 bridgehead atoms. The Kier molecular flexibility index (Phi) is 6.88. The number of amides is 1. The molecule has 0 unspecified atom stereocenters. The third kappa shape index (κ3) is 5.86. The summed E-state index contributed by atoms with van der Waals surface area (Å²) >= 11 is 1.59. The van der Waals surface area contributed by atoms with E-state index in [-0.39, 0.29) is 5.91 Å². The fourth-order valence-corrected chi connectivity index (χ4v) is 3.69. The lowest BCUT2D eigenvalue weighted by atomic mass is 10.1. The first-order chi connectivity index (χ1) is 12.3. The van der Waals surface area contributed by atoms with Crippen LogP contribution in [0.5, 0.6) is 0 Å². The van der Waals surface area contributed by atoms with Gasteiger partial charge >= 0.3 is 0 Å². The summed E-state index contributed by atoms with van der Waals surface area (Å²) in [6.07, 6.45) is 6.50. The van der Waals surface area contributed by atoms with Gasteiger partial charge in [0.05, 0.1) is 0 Å². The van der Waals surface area contributed by atoms with Gasteiger partial charge in [0, 0.05) is 17.9 Å². The largest absolute Gasteiger partial charge is 0.352 e. The Morgan fingerprint density at radius 2 is 2.00 bits per heavy atom. The molecule has 0 spiro atoms. The van der Waals surface area contributed by atoms with Crippen LogP contribution in [0.15, 0.2) is 35.7 Å². The topological polar surface area (TPSA) is 73.9 Å². The van der Waals surface area contributed by atoms with Gasteiger partial charge < -0.3 is 10.2 Å². The Bertz CT molecular complexity index is 638. The van der Waals surface area contributed by atoms with Gasteiger partial charge in [-0.25, -0.2) is 4.98 Å². The molecule has 1 aromatic heterocycles. The summed E-state index contributed by atoms with van der Waals surface area (Å²) in [5.41, 5.74) is 1.87. The Labute approximate surface area is 152 Å². The third-order valence-corrected chi connectivity index (χ3v) is 5.32. The van der Waals surface area contributed by atoms with Crippen LogP contribution in [0.1, 0.15) is 41.6 Å². The molecule has 6 nitrogen and oxygen atoms in total. The minimum atomic E-state index is 0.00748. The summed E-state index contributed by atoms with van der Waals surface area (Å²) < 4.78 is 0. The van der Waals surface area contributed by atoms with E-state index in [4.69, 9.17) is 0 Å². The number of aromatic nitrogens is 3. The minimum Gasteiger partial charge on any atom is -0.352 e. The van der Waals surface area contributed by atoms with Crippen LogP contribution in [-0.4, -0.2) is 52.2 Å². The van der Waals surface area contributed by atoms with E-state index >= 15 is 0 Å². The number of hydrogen-bond donors (Lipinski definition) is 2. The molecular weight excluding hydrogens is 334 g/mol. The van der Waals surface area contributed by atoms with Crippen LogP contribution in [0.25, 0.3) is 0 Å². The van der Waals surface area contributed by atoms with E-state index < -0.39 is 0 Å². The molecule has 3 rings (SSSR count). The van der Waals surface area contributed by atoms with Crippen LogP contribution >= 0.6 is 11.8 Å². The van der Waals surface area contributed by atoms with Gasteiger partial charge in [0.1, 0.15) is 6.33 Å². The highest BCUT2D eigenvalue weighted by Crippen LogP contribution is 2.18. The highest BCUT2D eigenvalue weighted by molar-refractivity contribution is 7.98. The summed E-state index contributed by atoms with van der Waals surface area (Å²) in [4.78, 5) is 18.8. The van der Waals surface area contributed by atoms with Gasteiger partial charge in [-0.05, 0) is 56.6 Å². The average molecular weight is 359 g/mol. The number of likely N-dealkylation sites (tertiary alicyclic amines) is 1. The molecule has 0 aliphatic carbocycles. The predicted molar refractivity (Wildman–Crippen MR) is 99.6 cm³/mol. The van der Waals surface area contributed by atoms with Crippen molar-refractivity contribution in [2.45, 2.75) is 36.6 Å². The van der Waals surface area contributed by atoms with Gasteiger partial charge in [0.25, 0.3) is 5.91 Å². The number of carbonyl (C=O) groups is 1. The van der Waals surface area contributed by atoms with Gasteiger partial charge in [-0.15, -0.1) is 0 Å². The number of nitrogens with zero attached hydrogens (tertiary/aromatic N) is 3. The van der Waals surface area contributed by atoms with Crippen molar-refractivity contribution >= 4 is 17.7 Å². The molecule has 1 saturated heterocycles. The number of piperidine rings is 1. The molecular formula is C18H25N5OS. The number of aromatic amines is 1. The maximum atomic E-state index is 12.2. The van der Waals surface area contributed by atoms with Gasteiger partial charge in [0.2, 0.25) is 0 Å². The SMILES string of the molecule is O=C(NCCCN1CCCCC1)c1ccc(CSc2ncn[nH]2)cc1. The molecule has 1 amide bonds. The molecule has 1 fully saturated rings. The molecule has 2 aromatic rings. The molecule has 0 radical (unpaired) electrons. The van der Waals surface area contributed by atoms with E-state index in [9.17, 15) is 4.79 Å². The molecule has 1 aliphatic heterocycles. The lowest BCUT2D eigenvalue weighted by molar-refractivity contribution is 0.0951. The van der Waals surface area contributed by atoms with Crippen LogP contribution in [-0.2, 0) is 5.75 Å². The molecule has 7 heteroatoms. The highest BCUT2D eigenvalue weighted by atomic mass is 32.2. The summed E-state index contributed by atoms with van der Waals surface area (Å²) in [6.45, 7) is 4.24. The van der Waals surface area contributed by atoms with Crippen molar-refractivity contribution in [3.05, 3.63) is 41.7 Å². The van der Waals surface area contributed by atoms with E-state index in [2.05, 4.69) is 25.4 Å². The van der Waals surface area contributed by atoms with Crippen molar-refractivity contribution in [3.63, 3.8) is 0 Å². The van der Waals surface area contributed by atoms with E-state index in [1.54, 1.807) is 11.8 Å². The minimum absolute atomic E-state index is 0.00748. The standard InChI is InChI=1S/C18H25N5OS/c24-17(19-9-4-12-23-10-2-1-3-11-23)16-7-5-15(6-8-16)13-25-18-20-14-21-22-18/h5-8,14H,1-4,9-13H2,(H,19,24)(H,20,21,22). The zero-order chi connectivity index (χ0) is 17.3. The number of benzene rings is 1. The highest BCUT2D eigenvalue weighted by Gasteiger charge is 2.10. The van der Waals surface area contributed by atoms with Crippen molar-refractivity contribution in [2.75, 3.05) is 26.2 Å². The third-order valence-electron chi connectivity index (χ3n) is 4.37. The maximum absolute atomic E-state index is 12.2. The second kappa shape index (κ2) is 9.58. The molecule has 134 valence electrons. The van der Waals surface area contributed by atoms with Crippen molar-refractivity contribution < 1.29 is 4.79 Å². The van der Waals surface area contributed by atoms with Crippen molar-refractivity contribution in [1.82, 2.24) is 25.4 Å². The van der Waals surface area contributed by atoms with Gasteiger partial charge in [-0.1, -0.05) is 30.3 Å². The number of thioether (sulfide) groups is 1. The molecule has 0 atom stereocenters. The summed E-state index contributed by atoms with van der Waals surface area (Å²) in [5.74, 6) is 0.806. The van der Waals surface area contributed by atoms with Crippen molar-refractivity contribution in [1.29, 1.82) is 0 Å². The number of rotatable bonds is 8. The molecule has 25 heavy (non-hydrogen) atoms. The number of carbonyl (C=O) groups excluding carboxylic acids is 1. The van der Waals surface area contributed by atoms with E-state index in [0.717, 1.165) is 36.0 Å². The molecule has 1 aromatic carbocycles. The van der Waals surface area contributed by atoms with Gasteiger partial charge in [-0.2, -0.15) is 5.10 Å². The van der Waals surface area contributed by atoms with Crippen molar-refractivity contribution in [3.8, 4) is 0 Å². The number of H-pyrrole nitrogens is 1. The normalized spacial score (nSPS) is 15.2. The summed E-state index contributed by atoms with van der Waals surface area (Å²) in [5, 5.41) is 10.5. The van der Waals surface area contributed by atoms with E-state index in [1.807, 2.05) is 24.3 Å². The molecule has 2 N–H and O–H groups in total. The van der Waals surface area contributed by atoms with E-state index in [0.29, 0.717) is 5.56 Å². The fourth-order valence-electron chi connectivity index (χ4n) is 2.96. The number of hydrogen-bond acceptors (Lipinski definition) is 5. The van der Waals surface area contributed by atoms with Crippen LogP contribution in [0, 0.1) is 0 Å². The monoisotopic (exact) mass is 359 g/mol. The molecule has 2 heterocycles. The summed E-state index contributed by atoms with van der Waals surface area (Å²) in [6, 6.07) is 7.75. The first-order valence-corrected chi connectivity index (χ1v) is 9.87. The van der Waals surface area contributed by atoms with Crippen molar-refractivity contribution in [2.24, 2.45) is 0 Å². The Morgan fingerprint density at radius 1 is 1.20 bits per heavy atom. The quantitative estimate of drug-likeness (QED) is 0.560.